The lowest BCUT2D eigenvalue weighted by molar-refractivity contribution is 0.582. The highest BCUT2D eigenvalue weighted by molar-refractivity contribution is 5.57. The first-order valence-corrected chi connectivity index (χ1v) is 4.44. The van der Waals surface area contributed by atoms with Gasteiger partial charge in [0.15, 0.2) is 0 Å². The summed E-state index contributed by atoms with van der Waals surface area (Å²) in [5, 5.41) is 0. The third kappa shape index (κ3) is 1.62. The zero-order valence-electron chi connectivity index (χ0n) is 8.27. The predicted molar refractivity (Wildman–Crippen MR) is 56.3 cm³/mol. The quantitative estimate of drug-likeness (QED) is 0.724. The van der Waals surface area contributed by atoms with Crippen molar-refractivity contribution in [2.75, 3.05) is 19.0 Å². The van der Waals surface area contributed by atoms with Gasteiger partial charge in [0.05, 0.1) is 6.26 Å². The van der Waals surface area contributed by atoms with Gasteiger partial charge in [-0.15, -0.1) is 0 Å². The maximum atomic E-state index is 5.27. The Kier molecular flexibility index (Phi) is 2.23. The first-order valence-electron chi connectivity index (χ1n) is 4.44. The van der Waals surface area contributed by atoms with Gasteiger partial charge in [0, 0.05) is 25.9 Å². The van der Waals surface area contributed by atoms with E-state index in [2.05, 4.69) is 4.98 Å². The summed E-state index contributed by atoms with van der Waals surface area (Å²) in [6.45, 7) is 0. The van der Waals surface area contributed by atoms with Crippen LogP contribution in [0.2, 0.25) is 0 Å². The van der Waals surface area contributed by atoms with Gasteiger partial charge in [-0.1, -0.05) is 0 Å². The standard InChI is InChI=1S/C11H12N2O/c1-13(2)11-6-5-9(8-12-11)10-4-3-7-14-10/h3-8H,1-2H3. The fourth-order valence-electron chi connectivity index (χ4n) is 1.24. The van der Waals surface area contributed by atoms with Crippen molar-refractivity contribution in [2.45, 2.75) is 0 Å². The first-order chi connectivity index (χ1) is 6.77. The second kappa shape index (κ2) is 3.54. The molecule has 0 N–H and O–H groups in total. The Morgan fingerprint density at radius 3 is 2.57 bits per heavy atom. The highest BCUT2D eigenvalue weighted by atomic mass is 16.3. The molecule has 0 aliphatic carbocycles. The number of rotatable bonds is 2. The van der Waals surface area contributed by atoms with Crippen molar-refractivity contribution in [3.63, 3.8) is 0 Å². The summed E-state index contributed by atoms with van der Waals surface area (Å²) in [6.07, 6.45) is 3.48. The maximum Gasteiger partial charge on any atom is 0.135 e. The topological polar surface area (TPSA) is 29.3 Å². The molecule has 0 amide bonds. The van der Waals surface area contributed by atoms with E-state index in [0.29, 0.717) is 0 Å². The summed E-state index contributed by atoms with van der Waals surface area (Å²) in [7, 11) is 3.93. The molecule has 0 aromatic carbocycles. The molecule has 2 aromatic heterocycles. The van der Waals surface area contributed by atoms with Crippen LogP contribution in [0.1, 0.15) is 0 Å². The van der Waals surface area contributed by atoms with Gasteiger partial charge in [0.25, 0.3) is 0 Å². The van der Waals surface area contributed by atoms with E-state index in [0.717, 1.165) is 17.1 Å². The summed E-state index contributed by atoms with van der Waals surface area (Å²) in [6, 6.07) is 7.76. The molecule has 0 bridgehead atoms. The Balaban J connectivity index is 2.31. The number of anilines is 1. The Bertz CT molecular complexity index is 390. The van der Waals surface area contributed by atoms with Crippen LogP contribution in [0, 0.1) is 0 Å². The third-order valence-electron chi connectivity index (χ3n) is 2.01. The second-order valence-corrected chi connectivity index (χ2v) is 3.28. The second-order valence-electron chi connectivity index (χ2n) is 3.28. The molecule has 14 heavy (non-hydrogen) atoms. The van der Waals surface area contributed by atoms with Crippen molar-refractivity contribution in [1.82, 2.24) is 4.98 Å². The zero-order valence-corrected chi connectivity index (χ0v) is 8.27. The summed E-state index contributed by atoms with van der Waals surface area (Å²) in [4.78, 5) is 6.26. The molecule has 2 aromatic rings. The lowest BCUT2D eigenvalue weighted by atomic mass is 10.2. The van der Waals surface area contributed by atoms with Gasteiger partial charge in [0.2, 0.25) is 0 Å². The largest absolute Gasteiger partial charge is 0.464 e. The number of pyridine rings is 1. The van der Waals surface area contributed by atoms with Gasteiger partial charge >= 0.3 is 0 Å². The molecule has 0 spiro atoms. The van der Waals surface area contributed by atoms with Gasteiger partial charge in [-0.2, -0.15) is 0 Å². The van der Waals surface area contributed by atoms with E-state index in [4.69, 9.17) is 4.42 Å². The van der Waals surface area contributed by atoms with Gasteiger partial charge in [-0.3, -0.25) is 0 Å². The van der Waals surface area contributed by atoms with Crippen LogP contribution in [0.15, 0.2) is 41.1 Å². The summed E-state index contributed by atoms with van der Waals surface area (Å²) in [5.41, 5.74) is 1.00. The Labute approximate surface area is 83.0 Å². The molecule has 3 nitrogen and oxygen atoms in total. The average Bonchev–Trinajstić information content (AvgIpc) is 2.71. The minimum absolute atomic E-state index is 0.850. The molecule has 0 aliphatic heterocycles. The fourth-order valence-corrected chi connectivity index (χ4v) is 1.24. The van der Waals surface area contributed by atoms with Crippen LogP contribution in [-0.4, -0.2) is 19.1 Å². The molecular weight excluding hydrogens is 176 g/mol. The Morgan fingerprint density at radius 2 is 2.07 bits per heavy atom. The molecule has 0 saturated heterocycles. The first kappa shape index (κ1) is 8.81. The van der Waals surface area contributed by atoms with E-state index in [9.17, 15) is 0 Å². The molecule has 2 heterocycles. The molecule has 3 heteroatoms. The van der Waals surface area contributed by atoms with Crippen molar-refractivity contribution in [3.8, 4) is 11.3 Å². The van der Waals surface area contributed by atoms with E-state index >= 15 is 0 Å². The normalized spacial score (nSPS) is 10.1. The van der Waals surface area contributed by atoms with Crippen LogP contribution in [0.3, 0.4) is 0 Å². The van der Waals surface area contributed by atoms with E-state index < -0.39 is 0 Å². The van der Waals surface area contributed by atoms with Crippen LogP contribution in [-0.2, 0) is 0 Å². The number of furan rings is 1. The van der Waals surface area contributed by atoms with Crippen LogP contribution in [0.4, 0.5) is 5.82 Å². The highest BCUT2D eigenvalue weighted by Crippen LogP contribution is 2.20. The predicted octanol–water partition coefficient (Wildman–Crippen LogP) is 2.41. The minimum Gasteiger partial charge on any atom is -0.464 e. The smallest absolute Gasteiger partial charge is 0.135 e. The van der Waals surface area contributed by atoms with E-state index in [1.165, 1.54) is 0 Å². The number of aromatic nitrogens is 1. The fraction of sp³-hybridized carbons (Fsp3) is 0.182. The van der Waals surface area contributed by atoms with Crippen LogP contribution < -0.4 is 4.90 Å². The monoisotopic (exact) mass is 188 g/mol. The molecule has 0 unspecified atom stereocenters. The molecule has 0 fully saturated rings. The summed E-state index contributed by atoms with van der Waals surface area (Å²) >= 11 is 0. The van der Waals surface area contributed by atoms with Gasteiger partial charge < -0.3 is 9.32 Å². The average molecular weight is 188 g/mol. The van der Waals surface area contributed by atoms with Crippen molar-refractivity contribution in [2.24, 2.45) is 0 Å². The summed E-state index contributed by atoms with van der Waals surface area (Å²) < 4.78 is 5.27. The molecule has 2 rings (SSSR count). The number of hydrogen-bond donors (Lipinski definition) is 0. The third-order valence-corrected chi connectivity index (χ3v) is 2.01. The number of hydrogen-bond acceptors (Lipinski definition) is 3. The molecule has 0 saturated carbocycles. The Morgan fingerprint density at radius 1 is 1.21 bits per heavy atom. The lowest BCUT2D eigenvalue weighted by Crippen LogP contribution is -2.09. The van der Waals surface area contributed by atoms with Crippen molar-refractivity contribution >= 4 is 5.82 Å². The van der Waals surface area contributed by atoms with Crippen LogP contribution >= 0.6 is 0 Å². The van der Waals surface area contributed by atoms with Crippen LogP contribution in [0.25, 0.3) is 11.3 Å². The van der Waals surface area contributed by atoms with Gasteiger partial charge in [-0.25, -0.2) is 4.98 Å². The molecule has 72 valence electrons. The van der Waals surface area contributed by atoms with E-state index in [-0.39, 0.29) is 0 Å². The van der Waals surface area contributed by atoms with Crippen molar-refractivity contribution in [3.05, 3.63) is 36.7 Å². The minimum atomic E-state index is 0.850. The molecule has 0 radical (unpaired) electrons. The summed E-state index contributed by atoms with van der Waals surface area (Å²) in [5.74, 6) is 1.79. The van der Waals surface area contributed by atoms with Crippen LogP contribution in [0.5, 0.6) is 0 Å². The highest BCUT2D eigenvalue weighted by Gasteiger charge is 2.01. The zero-order chi connectivity index (χ0) is 9.97. The van der Waals surface area contributed by atoms with Gasteiger partial charge in [-0.05, 0) is 24.3 Å². The number of nitrogens with zero attached hydrogens (tertiary/aromatic N) is 2. The van der Waals surface area contributed by atoms with Gasteiger partial charge in [0.1, 0.15) is 11.6 Å². The molecule has 0 atom stereocenters. The lowest BCUT2D eigenvalue weighted by Gasteiger charge is -2.10. The molecule has 0 aliphatic rings. The van der Waals surface area contributed by atoms with E-state index in [1.54, 1.807) is 6.26 Å². The maximum absolute atomic E-state index is 5.27. The SMILES string of the molecule is CN(C)c1ccc(-c2ccco2)cn1. The van der Waals surface area contributed by atoms with Crippen molar-refractivity contribution in [1.29, 1.82) is 0 Å². The Hall–Kier alpha value is -1.77. The van der Waals surface area contributed by atoms with E-state index in [1.807, 2.05) is 49.5 Å². The van der Waals surface area contributed by atoms with Crippen molar-refractivity contribution < 1.29 is 4.42 Å². The molecular formula is C11H12N2O.